The first kappa shape index (κ1) is 7.03. The first-order valence-corrected chi connectivity index (χ1v) is 3.66. The average molecular weight is 130 g/mol. The van der Waals surface area contributed by atoms with E-state index in [1.807, 2.05) is 0 Å². The highest BCUT2D eigenvalue weighted by atomic mass is 16.7. The van der Waals surface area contributed by atoms with Crippen LogP contribution in [0.1, 0.15) is 26.2 Å². The Labute approximate surface area is 56.2 Å². The lowest BCUT2D eigenvalue weighted by atomic mass is 10.2. The molecule has 0 saturated carbocycles. The Morgan fingerprint density at radius 3 is 2.56 bits per heavy atom. The molecule has 0 amide bonds. The Morgan fingerprint density at radius 1 is 1.33 bits per heavy atom. The summed E-state index contributed by atoms with van der Waals surface area (Å²) in [5, 5.41) is 0. The summed E-state index contributed by atoms with van der Waals surface area (Å²) in [6, 6.07) is 0. The predicted octanol–water partition coefficient (Wildman–Crippen LogP) is 1.55. The van der Waals surface area contributed by atoms with E-state index in [1.165, 1.54) is 12.8 Å². The predicted molar refractivity (Wildman–Crippen MR) is 35.2 cm³/mol. The van der Waals surface area contributed by atoms with Crippen LogP contribution < -0.4 is 0 Å². The zero-order valence-corrected chi connectivity index (χ0v) is 5.93. The minimum absolute atomic E-state index is 0.116. The highest BCUT2D eigenvalue weighted by Crippen LogP contribution is 2.10. The van der Waals surface area contributed by atoms with Crippen LogP contribution in [0.5, 0.6) is 0 Å². The number of rotatable bonds is 3. The van der Waals surface area contributed by atoms with E-state index >= 15 is 0 Å². The maximum Gasteiger partial charge on any atom is 0.157 e. The molecule has 1 rings (SSSR count). The van der Waals surface area contributed by atoms with E-state index in [0.29, 0.717) is 0 Å². The molecular formula is C7H14O2. The van der Waals surface area contributed by atoms with Gasteiger partial charge in [0.15, 0.2) is 6.29 Å². The van der Waals surface area contributed by atoms with Crippen molar-refractivity contribution < 1.29 is 9.47 Å². The van der Waals surface area contributed by atoms with Crippen LogP contribution in [-0.2, 0) is 9.47 Å². The molecule has 0 unspecified atom stereocenters. The third kappa shape index (κ3) is 2.33. The molecule has 1 heterocycles. The van der Waals surface area contributed by atoms with Gasteiger partial charge in [0.25, 0.3) is 0 Å². The molecule has 1 fully saturated rings. The maximum atomic E-state index is 5.23. The van der Waals surface area contributed by atoms with Gasteiger partial charge < -0.3 is 9.47 Å². The topological polar surface area (TPSA) is 18.5 Å². The van der Waals surface area contributed by atoms with Gasteiger partial charge >= 0.3 is 0 Å². The van der Waals surface area contributed by atoms with Gasteiger partial charge in [-0.25, -0.2) is 0 Å². The fourth-order valence-electron chi connectivity index (χ4n) is 0.945. The first-order chi connectivity index (χ1) is 4.43. The molecule has 2 heteroatoms. The molecule has 0 bridgehead atoms. The number of ether oxygens (including phenoxy) is 2. The number of unbranched alkanes of at least 4 members (excludes halogenated alkanes) is 1. The zero-order valence-electron chi connectivity index (χ0n) is 5.93. The lowest BCUT2D eigenvalue weighted by Gasteiger charge is -2.05. The van der Waals surface area contributed by atoms with Gasteiger partial charge in [0.05, 0.1) is 13.2 Å². The van der Waals surface area contributed by atoms with Gasteiger partial charge in [-0.3, -0.25) is 0 Å². The molecule has 9 heavy (non-hydrogen) atoms. The molecule has 0 radical (unpaired) electrons. The van der Waals surface area contributed by atoms with Crippen LogP contribution in [0.4, 0.5) is 0 Å². The van der Waals surface area contributed by atoms with Crippen LogP contribution >= 0.6 is 0 Å². The molecule has 1 aliphatic rings. The van der Waals surface area contributed by atoms with Crippen LogP contribution in [0.3, 0.4) is 0 Å². The minimum atomic E-state index is 0.116. The number of hydrogen-bond donors (Lipinski definition) is 0. The van der Waals surface area contributed by atoms with E-state index in [1.54, 1.807) is 0 Å². The molecule has 54 valence electrons. The Bertz CT molecular complexity index is 67.3. The van der Waals surface area contributed by atoms with Gasteiger partial charge in [0, 0.05) is 0 Å². The van der Waals surface area contributed by atoms with E-state index in [2.05, 4.69) is 6.92 Å². The first-order valence-electron chi connectivity index (χ1n) is 3.66. The van der Waals surface area contributed by atoms with Gasteiger partial charge in [-0.05, 0) is 12.8 Å². The fraction of sp³-hybridized carbons (Fsp3) is 1.00. The van der Waals surface area contributed by atoms with Gasteiger partial charge in [-0.2, -0.15) is 0 Å². The second kappa shape index (κ2) is 3.85. The minimum Gasteiger partial charge on any atom is -0.350 e. The molecule has 0 atom stereocenters. The van der Waals surface area contributed by atoms with Gasteiger partial charge in [-0.15, -0.1) is 0 Å². The van der Waals surface area contributed by atoms with Crippen molar-refractivity contribution in [3.05, 3.63) is 0 Å². The van der Waals surface area contributed by atoms with Crippen LogP contribution in [-0.4, -0.2) is 19.5 Å². The van der Waals surface area contributed by atoms with Crippen molar-refractivity contribution in [2.45, 2.75) is 32.5 Å². The third-order valence-electron chi connectivity index (χ3n) is 1.48. The SMILES string of the molecule is CCCCC1OCCO1. The molecule has 0 aromatic carbocycles. The maximum absolute atomic E-state index is 5.23. The molecule has 0 aromatic rings. The summed E-state index contributed by atoms with van der Waals surface area (Å²) in [7, 11) is 0. The van der Waals surface area contributed by atoms with Crippen molar-refractivity contribution in [1.29, 1.82) is 0 Å². The van der Waals surface area contributed by atoms with Crippen molar-refractivity contribution in [2.75, 3.05) is 13.2 Å². The van der Waals surface area contributed by atoms with Crippen LogP contribution in [0.15, 0.2) is 0 Å². The van der Waals surface area contributed by atoms with E-state index in [0.717, 1.165) is 19.6 Å². The molecular weight excluding hydrogens is 116 g/mol. The van der Waals surface area contributed by atoms with Crippen LogP contribution in [0.2, 0.25) is 0 Å². The van der Waals surface area contributed by atoms with Crippen molar-refractivity contribution in [3.8, 4) is 0 Å². The van der Waals surface area contributed by atoms with Crippen LogP contribution in [0, 0.1) is 0 Å². The molecule has 0 N–H and O–H groups in total. The summed E-state index contributed by atoms with van der Waals surface area (Å²) in [6.07, 6.45) is 3.62. The van der Waals surface area contributed by atoms with Gasteiger partial charge in [-0.1, -0.05) is 13.3 Å². The van der Waals surface area contributed by atoms with E-state index in [-0.39, 0.29) is 6.29 Å². The Balaban J connectivity index is 1.98. The molecule has 1 aliphatic heterocycles. The molecule has 0 spiro atoms. The largest absolute Gasteiger partial charge is 0.350 e. The van der Waals surface area contributed by atoms with Crippen molar-refractivity contribution >= 4 is 0 Å². The second-order valence-corrected chi connectivity index (χ2v) is 2.31. The van der Waals surface area contributed by atoms with Crippen molar-refractivity contribution in [3.63, 3.8) is 0 Å². The molecule has 1 saturated heterocycles. The normalized spacial score (nSPS) is 21.0. The molecule has 0 aromatic heterocycles. The number of hydrogen-bond acceptors (Lipinski definition) is 2. The van der Waals surface area contributed by atoms with E-state index < -0.39 is 0 Å². The van der Waals surface area contributed by atoms with Crippen molar-refractivity contribution in [2.24, 2.45) is 0 Å². The summed E-state index contributed by atoms with van der Waals surface area (Å²) in [5.41, 5.74) is 0. The van der Waals surface area contributed by atoms with E-state index in [9.17, 15) is 0 Å². The summed E-state index contributed by atoms with van der Waals surface area (Å²) in [4.78, 5) is 0. The fourth-order valence-corrected chi connectivity index (χ4v) is 0.945. The molecule has 0 aliphatic carbocycles. The molecule has 2 nitrogen and oxygen atoms in total. The van der Waals surface area contributed by atoms with Crippen LogP contribution in [0.25, 0.3) is 0 Å². The van der Waals surface area contributed by atoms with Gasteiger partial charge in [0.2, 0.25) is 0 Å². The quantitative estimate of drug-likeness (QED) is 0.577. The second-order valence-electron chi connectivity index (χ2n) is 2.31. The van der Waals surface area contributed by atoms with Gasteiger partial charge in [0.1, 0.15) is 0 Å². The Hall–Kier alpha value is -0.0800. The zero-order chi connectivity index (χ0) is 6.53. The lowest BCUT2D eigenvalue weighted by molar-refractivity contribution is -0.0477. The summed E-state index contributed by atoms with van der Waals surface area (Å²) in [5.74, 6) is 0. The smallest absolute Gasteiger partial charge is 0.157 e. The third-order valence-corrected chi connectivity index (χ3v) is 1.48. The summed E-state index contributed by atoms with van der Waals surface area (Å²) in [6.45, 7) is 3.75. The van der Waals surface area contributed by atoms with E-state index in [4.69, 9.17) is 9.47 Å². The lowest BCUT2D eigenvalue weighted by Crippen LogP contribution is -2.06. The standard InChI is InChI=1S/C7H14O2/c1-2-3-4-7-8-5-6-9-7/h7H,2-6H2,1H3. The Kier molecular flexibility index (Phi) is 3.01. The highest BCUT2D eigenvalue weighted by molar-refractivity contribution is 4.50. The average Bonchev–Trinajstić information content (AvgIpc) is 2.34. The summed E-state index contributed by atoms with van der Waals surface area (Å²) >= 11 is 0. The highest BCUT2D eigenvalue weighted by Gasteiger charge is 2.13. The monoisotopic (exact) mass is 130 g/mol. The van der Waals surface area contributed by atoms with Crippen molar-refractivity contribution in [1.82, 2.24) is 0 Å². The Morgan fingerprint density at radius 2 is 2.00 bits per heavy atom. The summed E-state index contributed by atoms with van der Waals surface area (Å²) < 4.78 is 10.5.